The summed E-state index contributed by atoms with van der Waals surface area (Å²) in [4.78, 5) is 12.6. The first-order valence-corrected chi connectivity index (χ1v) is 13.0. The van der Waals surface area contributed by atoms with Crippen LogP contribution in [0.25, 0.3) is 27.8 Å². The molecule has 196 valence electrons. The van der Waals surface area contributed by atoms with E-state index in [0.717, 1.165) is 39.3 Å². The van der Waals surface area contributed by atoms with Crippen molar-refractivity contribution < 1.29 is 23.9 Å². The fourth-order valence-corrected chi connectivity index (χ4v) is 4.82. The van der Waals surface area contributed by atoms with Gasteiger partial charge in [0, 0.05) is 5.56 Å². The maximum Gasteiger partial charge on any atom is 0.342 e. The number of thioether (sulfide) groups is 1. The number of hydrogen-bond donors (Lipinski definition) is 3. The van der Waals surface area contributed by atoms with Gasteiger partial charge in [0.15, 0.2) is 0 Å². The average molecular weight is 541 g/mol. The second kappa shape index (κ2) is 11.7. The SMILES string of the molecule is COc1ccc(-c2[nH]nc(SCC(=O)NN=Cc3c(O)ccc4ccccc34)[n+]2-c2ccc(OC)cc2)cc1. The molecule has 0 aliphatic rings. The molecule has 0 unspecified atom stereocenters. The summed E-state index contributed by atoms with van der Waals surface area (Å²) in [6, 6.07) is 26.3. The Morgan fingerprint density at radius 1 is 1.00 bits per heavy atom. The number of nitrogens with one attached hydrogen (secondary N) is 2. The second-order valence-electron chi connectivity index (χ2n) is 8.42. The molecule has 0 bridgehead atoms. The minimum atomic E-state index is -0.314. The first-order valence-electron chi connectivity index (χ1n) is 12.0. The van der Waals surface area contributed by atoms with E-state index >= 15 is 0 Å². The second-order valence-corrected chi connectivity index (χ2v) is 9.36. The standard InChI is InChI=1S/C29H25N5O4S/c1-37-22-12-7-20(8-13-22)28-32-33-29(34(28)21-10-14-23(38-2)15-11-21)39-18-27(36)31-30-17-25-24-6-4-3-5-19(24)9-16-26(25)35/h3-17H,18H2,1-2H3,(H2,30,31,35,36)/p+1. The van der Waals surface area contributed by atoms with Gasteiger partial charge in [-0.2, -0.15) is 9.67 Å². The number of aromatic amines is 1. The molecule has 0 aliphatic carbocycles. The molecule has 1 amide bonds. The van der Waals surface area contributed by atoms with Crippen LogP contribution in [-0.4, -0.2) is 47.4 Å². The first-order chi connectivity index (χ1) is 19.1. The number of benzene rings is 4. The number of rotatable bonds is 9. The quantitative estimate of drug-likeness (QED) is 0.110. The van der Waals surface area contributed by atoms with E-state index in [-0.39, 0.29) is 17.4 Å². The maximum absolute atomic E-state index is 12.6. The number of carbonyl (C=O) groups excluding carboxylic acids is 1. The van der Waals surface area contributed by atoms with Crippen molar-refractivity contribution in [1.82, 2.24) is 15.6 Å². The fraction of sp³-hybridized carbons (Fsp3) is 0.103. The predicted octanol–water partition coefficient (Wildman–Crippen LogP) is 4.47. The third kappa shape index (κ3) is 5.70. The maximum atomic E-state index is 12.6. The van der Waals surface area contributed by atoms with E-state index in [1.807, 2.05) is 83.4 Å². The number of phenolic OH excluding ortho intramolecular Hbond substituents is 1. The number of fused-ring (bicyclic) bond motifs is 1. The Balaban J connectivity index is 1.34. The third-order valence-electron chi connectivity index (χ3n) is 6.03. The molecule has 5 rings (SSSR count). The molecule has 9 nitrogen and oxygen atoms in total. The van der Waals surface area contributed by atoms with Gasteiger partial charge in [-0.15, -0.1) is 5.10 Å². The Morgan fingerprint density at radius 2 is 1.69 bits per heavy atom. The van der Waals surface area contributed by atoms with Gasteiger partial charge < -0.3 is 14.6 Å². The van der Waals surface area contributed by atoms with Crippen LogP contribution in [0.3, 0.4) is 0 Å². The number of methoxy groups -OCH3 is 2. The molecule has 0 saturated heterocycles. The van der Waals surface area contributed by atoms with E-state index in [1.54, 1.807) is 20.3 Å². The summed E-state index contributed by atoms with van der Waals surface area (Å²) in [5.74, 6) is 2.07. The topological polar surface area (TPSA) is 113 Å². The van der Waals surface area contributed by atoms with Crippen LogP contribution in [0.1, 0.15) is 5.56 Å². The lowest BCUT2D eigenvalue weighted by molar-refractivity contribution is -0.625. The number of nitrogens with zero attached hydrogens (tertiary/aromatic N) is 3. The van der Waals surface area contributed by atoms with Gasteiger partial charge in [-0.3, -0.25) is 4.79 Å². The van der Waals surface area contributed by atoms with E-state index in [0.29, 0.717) is 10.7 Å². The minimum absolute atomic E-state index is 0.0713. The van der Waals surface area contributed by atoms with Crippen LogP contribution in [0.4, 0.5) is 0 Å². The van der Waals surface area contributed by atoms with Crippen molar-refractivity contribution in [3.63, 3.8) is 0 Å². The Labute approximate surface area is 229 Å². The molecule has 10 heteroatoms. The number of carbonyl (C=O) groups is 1. The van der Waals surface area contributed by atoms with Crippen molar-refractivity contribution in [2.45, 2.75) is 5.16 Å². The van der Waals surface area contributed by atoms with Gasteiger partial charge >= 0.3 is 5.16 Å². The van der Waals surface area contributed by atoms with Crippen LogP contribution < -0.4 is 19.5 Å². The van der Waals surface area contributed by atoms with E-state index < -0.39 is 0 Å². The number of phenols is 1. The molecule has 3 N–H and O–H groups in total. The summed E-state index contributed by atoms with van der Waals surface area (Å²) in [5, 5.41) is 24.3. The van der Waals surface area contributed by atoms with Crippen molar-refractivity contribution >= 4 is 34.7 Å². The smallest absolute Gasteiger partial charge is 0.342 e. The van der Waals surface area contributed by atoms with Crippen molar-refractivity contribution in [3.8, 4) is 34.3 Å². The molecule has 39 heavy (non-hydrogen) atoms. The highest BCUT2D eigenvalue weighted by atomic mass is 32.2. The predicted molar refractivity (Wildman–Crippen MR) is 151 cm³/mol. The lowest BCUT2D eigenvalue weighted by Gasteiger charge is -2.06. The summed E-state index contributed by atoms with van der Waals surface area (Å²) in [6.07, 6.45) is 1.45. The van der Waals surface area contributed by atoms with Crippen LogP contribution >= 0.6 is 11.8 Å². The molecule has 4 aromatic carbocycles. The molecule has 0 saturated carbocycles. The van der Waals surface area contributed by atoms with Gasteiger partial charge in [0.2, 0.25) is 0 Å². The minimum Gasteiger partial charge on any atom is -0.507 e. The molecular weight excluding hydrogens is 514 g/mol. The normalized spacial score (nSPS) is 11.1. The van der Waals surface area contributed by atoms with Crippen LogP contribution in [0, 0.1) is 0 Å². The average Bonchev–Trinajstić information content (AvgIpc) is 3.41. The molecule has 0 aliphatic heterocycles. The van der Waals surface area contributed by atoms with Gasteiger partial charge in [0.25, 0.3) is 11.7 Å². The molecule has 0 spiro atoms. The molecule has 5 aromatic rings. The zero-order valence-electron chi connectivity index (χ0n) is 21.3. The summed E-state index contributed by atoms with van der Waals surface area (Å²) in [7, 11) is 3.24. The van der Waals surface area contributed by atoms with E-state index in [1.165, 1.54) is 18.0 Å². The van der Waals surface area contributed by atoms with Crippen molar-refractivity contribution in [1.29, 1.82) is 0 Å². The Kier molecular flexibility index (Phi) is 7.74. The number of hydrogen-bond acceptors (Lipinski definition) is 7. The molecule has 0 atom stereocenters. The monoisotopic (exact) mass is 540 g/mol. The number of aromatic hydroxyl groups is 1. The highest BCUT2D eigenvalue weighted by Crippen LogP contribution is 2.26. The Morgan fingerprint density at radius 3 is 2.41 bits per heavy atom. The lowest BCUT2D eigenvalue weighted by atomic mass is 10.0. The third-order valence-corrected chi connectivity index (χ3v) is 6.97. The lowest BCUT2D eigenvalue weighted by Crippen LogP contribution is -2.34. The summed E-state index contributed by atoms with van der Waals surface area (Å²) < 4.78 is 12.5. The molecule has 0 fully saturated rings. The summed E-state index contributed by atoms with van der Waals surface area (Å²) >= 11 is 1.26. The van der Waals surface area contributed by atoms with Crippen LogP contribution in [0.5, 0.6) is 17.2 Å². The zero-order chi connectivity index (χ0) is 27.2. The van der Waals surface area contributed by atoms with Gasteiger partial charge in [0.05, 0.1) is 36.8 Å². The van der Waals surface area contributed by atoms with Gasteiger partial charge in [-0.1, -0.05) is 30.3 Å². The highest BCUT2D eigenvalue weighted by molar-refractivity contribution is 7.99. The van der Waals surface area contributed by atoms with Gasteiger partial charge in [-0.25, -0.2) is 5.43 Å². The summed E-state index contributed by atoms with van der Waals surface area (Å²) in [5.41, 5.74) is 4.82. The van der Waals surface area contributed by atoms with E-state index in [4.69, 9.17) is 9.47 Å². The number of H-pyrrole nitrogens is 1. The summed E-state index contributed by atoms with van der Waals surface area (Å²) in [6.45, 7) is 0. The van der Waals surface area contributed by atoms with Crippen molar-refractivity contribution in [3.05, 3.63) is 90.5 Å². The molecule has 1 aromatic heterocycles. The van der Waals surface area contributed by atoms with E-state index in [9.17, 15) is 9.90 Å². The number of aromatic nitrogens is 3. The fourth-order valence-electron chi connectivity index (χ4n) is 4.06. The van der Waals surface area contributed by atoms with Crippen LogP contribution in [-0.2, 0) is 4.79 Å². The Bertz CT molecular complexity index is 1630. The Hall–Kier alpha value is -4.83. The molecular formula is C29H26N5O4S+. The molecule has 0 radical (unpaired) electrons. The number of hydrazone groups is 1. The highest BCUT2D eigenvalue weighted by Gasteiger charge is 2.25. The first kappa shape index (κ1) is 25.8. The van der Waals surface area contributed by atoms with E-state index in [2.05, 4.69) is 20.7 Å². The van der Waals surface area contributed by atoms with Crippen molar-refractivity contribution in [2.24, 2.45) is 5.10 Å². The van der Waals surface area contributed by atoms with Crippen LogP contribution in [0.15, 0.2) is 95.2 Å². The van der Waals surface area contributed by atoms with Gasteiger partial charge in [-0.05, 0) is 77.1 Å². The van der Waals surface area contributed by atoms with Crippen LogP contribution in [0.2, 0.25) is 0 Å². The largest absolute Gasteiger partial charge is 0.507 e. The van der Waals surface area contributed by atoms with Crippen molar-refractivity contribution in [2.75, 3.05) is 20.0 Å². The number of ether oxygens (including phenoxy) is 2. The number of amides is 1. The molecule has 1 heterocycles. The zero-order valence-corrected chi connectivity index (χ0v) is 22.1. The van der Waals surface area contributed by atoms with Gasteiger partial charge in [0.1, 0.15) is 22.9 Å².